The summed E-state index contributed by atoms with van der Waals surface area (Å²) in [4.78, 5) is 29.8. The van der Waals surface area contributed by atoms with Gasteiger partial charge in [-0.25, -0.2) is 8.42 Å². The van der Waals surface area contributed by atoms with Crippen LogP contribution in [0.3, 0.4) is 0 Å². The quantitative estimate of drug-likeness (QED) is 0.159. The number of amides is 2. The summed E-state index contributed by atoms with van der Waals surface area (Å²) in [5, 5.41) is 3.84. The van der Waals surface area contributed by atoms with Crippen molar-refractivity contribution in [1.29, 1.82) is 0 Å². The molecule has 0 aliphatic heterocycles. The summed E-state index contributed by atoms with van der Waals surface area (Å²) in [5.41, 5.74) is 1.66. The molecule has 0 saturated heterocycles. The number of rotatable bonds is 13. The van der Waals surface area contributed by atoms with Gasteiger partial charge in [-0.3, -0.25) is 13.9 Å². The maximum Gasteiger partial charge on any atom is 0.264 e. The van der Waals surface area contributed by atoms with E-state index in [-0.39, 0.29) is 45.5 Å². The highest BCUT2D eigenvalue weighted by Crippen LogP contribution is 2.31. The Morgan fingerprint density at radius 2 is 1.44 bits per heavy atom. The number of anilines is 1. The number of carbonyl (C=O) groups excluding carboxylic acids is 2. The van der Waals surface area contributed by atoms with Gasteiger partial charge in [0, 0.05) is 24.0 Å². The smallest absolute Gasteiger partial charge is 0.264 e. The van der Waals surface area contributed by atoms with Crippen LogP contribution in [0.2, 0.25) is 15.1 Å². The van der Waals surface area contributed by atoms with Crippen molar-refractivity contribution in [3.8, 4) is 0 Å². The average Bonchev–Trinajstić information content (AvgIpc) is 3.03. The molecule has 0 radical (unpaired) electrons. The molecule has 0 spiro atoms. The number of hydrogen-bond acceptors (Lipinski definition) is 4. The lowest BCUT2D eigenvalue weighted by atomic mass is 10.0. The van der Waals surface area contributed by atoms with E-state index in [1.165, 1.54) is 35.2 Å². The molecule has 2 atom stereocenters. The van der Waals surface area contributed by atoms with Crippen LogP contribution in [0.5, 0.6) is 0 Å². The Balaban J connectivity index is 1.82. The zero-order chi connectivity index (χ0) is 32.6. The molecule has 0 heterocycles. The summed E-state index contributed by atoms with van der Waals surface area (Å²) < 4.78 is 29.1. The van der Waals surface area contributed by atoms with Crippen LogP contribution in [0.25, 0.3) is 0 Å². The van der Waals surface area contributed by atoms with Crippen LogP contribution in [0.15, 0.2) is 108 Å². The molecule has 4 aromatic carbocycles. The fourth-order valence-electron chi connectivity index (χ4n) is 4.72. The number of nitrogens with zero attached hydrogens (tertiary/aromatic N) is 2. The summed E-state index contributed by atoms with van der Waals surface area (Å²) >= 11 is 18.8. The lowest BCUT2D eigenvalue weighted by Gasteiger charge is -2.34. The minimum absolute atomic E-state index is 0.00538. The van der Waals surface area contributed by atoms with Crippen molar-refractivity contribution in [2.24, 2.45) is 0 Å². The zero-order valence-corrected chi connectivity index (χ0v) is 28.0. The van der Waals surface area contributed by atoms with Crippen LogP contribution >= 0.6 is 34.8 Å². The second-order valence-electron chi connectivity index (χ2n) is 10.6. The van der Waals surface area contributed by atoms with Gasteiger partial charge in [-0.1, -0.05) is 102 Å². The van der Waals surface area contributed by atoms with Gasteiger partial charge in [0.2, 0.25) is 11.8 Å². The first-order valence-electron chi connectivity index (χ1n) is 14.4. The third-order valence-electron chi connectivity index (χ3n) is 7.32. The van der Waals surface area contributed by atoms with Gasteiger partial charge in [0.25, 0.3) is 10.0 Å². The highest BCUT2D eigenvalue weighted by Gasteiger charge is 2.35. The van der Waals surface area contributed by atoms with Gasteiger partial charge in [-0.15, -0.1) is 0 Å². The maximum absolute atomic E-state index is 14.5. The summed E-state index contributed by atoms with van der Waals surface area (Å²) in [6.07, 6.45) is 0.889. The Bertz CT molecular complexity index is 1720. The molecule has 4 rings (SSSR count). The van der Waals surface area contributed by atoms with Crippen molar-refractivity contribution in [3.05, 3.63) is 129 Å². The molecule has 1 N–H and O–H groups in total. The van der Waals surface area contributed by atoms with Gasteiger partial charge < -0.3 is 10.2 Å². The minimum atomic E-state index is -4.26. The van der Waals surface area contributed by atoms with Gasteiger partial charge in [0.15, 0.2) is 0 Å². The number of nitrogens with one attached hydrogen (secondary N) is 1. The molecule has 0 fully saturated rings. The van der Waals surface area contributed by atoms with E-state index in [9.17, 15) is 18.0 Å². The lowest BCUT2D eigenvalue weighted by molar-refractivity contribution is -0.140. The van der Waals surface area contributed by atoms with Crippen molar-refractivity contribution >= 4 is 62.3 Å². The normalized spacial score (nSPS) is 12.6. The molecule has 236 valence electrons. The second-order valence-corrected chi connectivity index (χ2v) is 13.7. The first-order valence-corrected chi connectivity index (χ1v) is 17.0. The Hall–Kier alpha value is -3.56. The monoisotopic (exact) mass is 685 g/mol. The SMILES string of the molecule is CC[C@H](C)NC(=O)[C@H](Cc1ccccc1)N(Cc1cccc(Cl)c1)C(=O)CN(c1ccc(Cl)c(Cl)c1)S(=O)(=O)c1ccccc1. The standard InChI is InChI=1S/C34H34Cl3N3O4S/c1-3-24(2)38-34(42)32(20-25-11-6-4-7-12-25)39(22-26-13-10-14-27(35)19-26)33(41)23-40(28-17-18-30(36)31(37)21-28)45(43,44)29-15-8-5-9-16-29/h4-19,21,24,32H,3,20,22-23H2,1-2H3,(H,38,42)/t24-,32-/m0/s1. The molecule has 11 heteroatoms. The van der Waals surface area contributed by atoms with Crippen LogP contribution < -0.4 is 9.62 Å². The molecule has 4 aromatic rings. The average molecular weight is 687 g/mol. The number of benzene rings is 4. The molecule has 0 aliphatic rings. The van der Waals surface area contributed by atoms with Gasteiger partial charge in [-0.05, 0) is 66.9 Å². The topological polar surface area (TPSA) is 86.8 Å². The molecule has 0 saturated carbocycles. The van der Waals surface area contributed by atoms with Crippen LogP contribution in [-0.2, 0) is 32.6 Å². The van der Waals surface area contributed by atoms with E-state index in [2.05, 4.69) is 5.32 Å². The fraction of sp³-hybridized carbons (Fsp3) is 0.235. The Morgan fingerprint density at radius 1 is 0.800 bits per heavy atom. The maximum atomic E-state index is 14.5. The van der Waals surface area contributed by atoms with Crippen molar-refractivity contribution in [1.82, 2.24) is 10.2 Å². The predicted molar refractivity (Wildman–Crippen MR) is 181 cm³/mol. The van der Waals surface area contributed by atoms with Gasteiger partial charge in [0.05, 0.1) is 20.6 Å². The molecule has 45 heavy (non-hydrogen) atoms. The second kappa shape index (κ2) is 15.6. The summed E-state index contributed by atoms with van der Waals surface area (Å²) in [7, 11) is -4.26. The predicted octanol–water partition coefficient (Wildman–Crippen LogP) is 7.40. The van der Waals surface area contributed by atoms with E-state index < -0.39 is 28.5 Å². The molecule has 0 aromatic heterocycles. The van der Waals surface area contributed by atoms with E-state index in [1.807, 2.05) is 44.2 Å². The Kier molecular flexibility index (Phi) is 11.9. The molecular formula is C34H34Cl3N3O4S. The third-order valence-corrected chi connectivity index (χ3v) is 10.1. The number of hydrogen-bond donors (Lipinski definition) is 1. The summed E-state index contributed by atoms with van der Waals surface area (Å²) in [5.74, 6) is -0.948. The summed E-state index contributed by atoms with van der Waals surface area (Å²) in [6, 6.07) is 27.4. The highest BCUT2D eigenvalue weighted by molar-refractivity contribution is 7.92. The fourth-order valence-corrected chi connectivity index (χ4v) is 6.65. The van der Waals surface area contributed by atoms with Crippen molar-refractivity contribution in [2.45, 2.75) is 50.2 Å². The molecule has 0 aliphatic carbocycles. The van der Waals surface area contributed by atoms with E-state index >= 15 is 0 Å². The Labute approximate surface area is 279 Å². The van der Waals surface area contributed by atoms with Crippen molar-refractivity contribution in [2.75, 3.05) is 10.8 Å². The molecule has 2 amide bonds. The van der Waals surface area contributed by atoms with Gasteiger partial charge in [0.1, 0.15) is 12.6 Å². The van der Waals surface area contributed by atoms with E-state index in [4.69, 9.17) is 34.8 Å². The van der Waals surface area contributed by atoms with Crippen LogP contribution in [0.1, 0.15) is 31.4 Å². The third kappa shape index (κ3) is 9.01. The van der Waals surface area contributed by atoms with Crippen LogP contribution in [-0.4, -0.2) is 43.8 Å². The first kappa shape index (κ1) is 34.3. The van der Waals surface area contributed by atoms with Gasteiger partial charge >= 0.3 is 0 Å². The first-order chi connectivity index (χ1) is 21.5. The zero-order valence-electron chi connectivity index (χ0n) is 24.9. The molecule has 7 nitrogen and oxygen atoms in total. The van der Waals surface area contributed by atoms with Crippen molar-refractivity contribution < 1.29 is 18.0 Å². The van der Waals surface area contributed by atoms with Crippen molar-refractivity contribution in [3.63, 3.8) is 0 Å². The largest absolute Gasteiger partial charge is 0.352 e. The lowest BCUT2D eigenvalue weighted by Crippen LogP contribution is -2.54. The van der Waals surface area contributed by atoms with E-state index in [0.29, 0.717) is 17.0 Å². The van der Waals surface area contributed by atoms with Gasteiger partial charge in [-0.2, -0.15) is 0 Å². The van der Waals surface area contributed by atoms with E-state index in [1.54, 1.807) is 42.5 Å². The van der Waals surface area contributed by atoms with Crippen LogP contribution in [0.4, 0.5) is 5.69 Å². The number of carbonyl (C=O) groups is 2. The number of halogens is 3. The molecule has 0 bridgehead atoms. The summed E-state index contributed by atoms with van der Waals surface area (Å²) in [6.45, 7) is 3.23. The van der Waals surface area contributed by atoms with Crippen LogP contribution in [0, 0.1) is 0 Å². The van der Waals surface area contributed by atoms with E-state index in [0.717, 1.165) is 9.87 Å². The Morgan fingerprint density at radius 3 is 2.07 bits per heavy atom. The molecule has 0 unspecified atom stereocenters. The number of sulfonamides is 1. The molecular weight excluding hydrogens is 653 g/mol. The highest BCUT2D eigenvalue weighted by atomic mass is 35.5. The minimum Gasteiger partial charge on any atom is -0.352 e.